The number of fused-ring (bicyclic) bond motifs is 1. The van der Waals surface area contributed by atoms with E-state index in [-0.39, 0.29) is 5.69 Å². The predicted octanol–water partition coefficient (Wildman–Crippen LogP) is 6.65. The smallest absolute Gasteiger partial charge is 0.340 e. The highest BCUT2D eigenvalue weighted by molar-refractivity contribution is 6.34. The molecule has 1 aromatic heterocycles. The molecule has 5 rings (SSSR count). The Hall–Kier alpha value is -4.13. The van der Waals surface area contributed by atoms with Gasteiger partial charge >= 0.3 is 6.18 Å². The van der Waals surface area contributed by atoms with Gasteiger partial charge in [-0.05, 0) is 49.8 Å². The fraction of sp³-hybridized carbons (Fsp3) is 0.143. The number of aryl methyl sites for hydroxylation is 1. The standard InChI is InChI=1S/C28H22F3N3O/c1-18-13-14-25-23(15-18)22(19(2)33(25)17-20-9-5-3-6-10-20)16-24-26(28(29,30)31)32-34(27(24)35)21-11-7-4-8-12-21/h3-16H,17H2,1-2H3/b24-16+. The van der Waals surface area contributed by atoms with E-state index in [1.54, 1.807) is 30.3 Å². The number of hydrogen-bond donors (Lipinski definition) is 0. The highest BCUT2D eigenvalue weighted by Crippen LogP contribution is 2.35. The van der Waals surface area contributed by atoms with Crippen molar-refractivity contribution in [3.8, 4) is 0 Å². The van der Waals surface area contributed by atoms with Crippen molar-refractivity contribution < 1.29 is 18.0 Å². The Balaban J connectivity index is 1.68. The monoisotopic (exact) mass is 473 g/mol. The molecule has 176 valence electrons. The Labute approximate surface area is 200 Å². The van der Waals surface area contributed by atoms with E-state index in [2.05, 4.69) is 9.67 Å². The fourth-order valence-corrected chi connectivity index (χ4v) is 4.42. The number of hydrogen-bond acceptors (Lipinski definition) is 2. The van der Waals surface area contributed by atoms with Gasteiger partial charge in [0.05, 0.1) is 11.3 Å². The maximum absolute atomic E-state index is 14.0. The van der Waals surface area contributed by atoms with Crippen molar-refractivity contribution in [3.05, 3.63) is 107 Å². The summed E-state index contributed by atoms with van der Waals surface area (Å²) >= 11 is 0. The average Bonchev–Trinajstić information content (AvgIpc) is 3.30. The zero-order valence-electron chi connectivity index (χ0n) is 19.2. The van der Waals surface area contributed by atoms with Crippen LogP contribution in [-0.2, 0) is 11.3 Å². The van der Waals surface area contributed by atoms with E-state index >= 15 is 0 Å². The van der Waals surface area contributed by atoms with E-state index in [1.165, 1.54) is 6.08 Å². The molecule has 0 saturated carbocycles. The Morgan fingerprint density at radius 1 is 0.914 bits per heavy atom. The van der Waals surface area contributed by atoms with E-state index in [4.69, 9.17) is 0 Å². The number of rotatable bonds is 4. The molecule has 4 nitrogen and oxygen atoms in total. The number of aromatic nitrogens is 1. The number of hydrazone groups is 1. The molecule has 2 heterocycles. The molecule has 0 fully saturated rings. The topological polar surface area (TPSA) is 37.6 Å². The van der Waals surface area contributed by atoms with Gasteiger partial charge in [-0.2, -0.15) is 23.3 Å². The van der Waals surface area contributed by atoms with E-state index in [1.807, 2.05) is 62.4 Å². The first-order valence-corrected chi connectivity index (χ1v) is 11.1. The Morgan fingerprint density at radius 3 is 2.23 bits per heavy atom. The minimum Gasteiger partial charge on any atom is -0.340 e. The lowest BCUT2D eigenvalue weighted by Crippen LogP contribution is -2.25. The molecule has 1 amide bonds. The van der Waals surface area contributed by atoms with Crippen molar-refractivity contribution in [3.63, 3.8) is 0 Å². The normalized spacial score (nSPS) is 15.3. The van der Waals surface area contributed by atoms with E-state index in [0.717, 1.165) is 32.7 Å². The number of halogens is 3. The van der Waals surface area contributed by atoms with Gasteiger partial charge in [0, 0.05) is 28.7 Å². The Kier molecular flexibility index (Phi) is 5.55. The van der Waals surface area contributed by atoms with Crippen LogP contribution in [0.3, 0.4) is 0 Å². The van der Waals surface area contributed by atoms with Gasteiger partial charge in [-0.3, -0.25) is 4.79 Å². The second kappa shape index (κ2) is 8.58. The van der Waals surface area contributed by atoms with Crippen molar-refractivity contribution in [2.24, 2.45) is 5.10 Å². The molecular weight excluding hydrogens is 451 g/mol. The van der Waals surface area contributed by atoms with Gasteiger partial charge in [0.2, 0.25) is 0 Å². The number of carbonyl (C=O) groups excluding carboxylic acids is 1. The Morgan fingerprint density at radius 2 is 1.57 bits per heavy atom. The molecule has 1 aliphatic heterocycles. The van der Waals surface area contributed by atoms with Crippen LogP contribution in [0.1, 0.15) is 22.4 Å². The molecule has 7 heteroatoms. The van der Waals surface area contributed by atoms with Crippen molar-refractivity contribution in [2.45, 2.75) is 26.6 Å². The molecule has 4 aromatic rings. The third-order valence-corrected chi connectivity index (χ3v) is 6.15. The highest BCUT2D eigenvalue weighted by atomic mass is 19.4. The maximum atomic E-state index is 14.0. The summed E-state index contributed by atoms with van der Waals surface area (Å²) in [4.78, 5) is 13.2. The van der Waals surface area contributed by atoms with Crippen LogP contribution in [0.2, 0.25) is 0 Å². The van der Waals surface area contributed by atoms with Crippen molar-refractivity contribution in [1.82, 2.24) is 4.57 Å². The third kappa shape index (κ3) is 4.14. The van der Waals surface area contributed by atoms with Crippen LogP contribution in [0.4, 0.5) is 18.9 Å². The van der Waals surface area contributed by atoms with Crippen molar-refractivity contribution in [1.29, 1.82) is 0 Å². The molecule has 0 aliphatic carbocycles. The van der Waals surface area contributed by atoms with E-state index < -0.39 is 23.4 Å². The van der Waals surface area contributed by atoms with Crippen LogP contribution in [0, 0.1) is 13.8 Å². The van der Waals surface area contributed by atoms with Crippen molar-refractivity contribution in [2.75, 3.05) is 5.01 Å². The minimum absolute atomic E-state index is 0.279. The van der Waals surface area contributed by atoms with Crippen LogP contribution in [0.15, 0.2) is 89.5 Å². The van der Waals surface area contributed by atoms with Crippen LogP contribution >= 0.6 is 0 Å². The second-order valence-electron chi connectivity index (χ2n) is 8.55. The van der Waals surface area contributed by atoms with Gasteiger partial charge < -0.3 is 4.57 Å². The van der Waals surface area contributed by atoms with Crippen LogP contribution in [0.25, 0.3) is 17.0 Å². The van der Waals surface area contributed by atoms with Crippen LogP contribution in [0.5, 0.6) is 0 Å². The number of nitrogens with zero attached hydrogens (tertiary/aromatic N) is 3. The molecule has 3 aromatic carbocycles. The van der Waals surface area contributed by atoms with Gasteiger partial charge in [0.1, 0.15) is 0 Å². The lowest BCUT2D eigenvalue weighted by atomic mass is 10.0. The second-order valence-corrected chi connectivity index (χ2v) is 8.55. The lowest BCUT2D eigenvalue weighted by molar-refractivity contribution is -0.114. The van der Waals surface area contributed by atoms with Gasteiger partial charge in [0.15, 0.2) is 5.71 Å². The highest BCUT2D eigenvalue weighted by Gasteiger charge is 2.47. The first-order chi connectivity index (χ1) is 16.7. The van der Waals surface area contributed by atoms with Crippen LogP contribution < -0.4 is 5.01 Å². The summed E-state index contributed by atoms with van der Waals surface area (Å²) in [5, 5.41) is 5.30. The molecule has 0 saturated heterocycles. The SMILES string of the molecule is Cc1ccc2c(c1)c(/C=C1/C(=O)N(c3ccccc3)N=C1C(F)(F)F)c(C)n2Cc1ccccc1. The van der Waals surface area contributed by atoms with E-state index in [0.29, 0.717) is 12.1 Å². The Bertz CT molecular complexity index is 1480. The lowest BCUT2D eigenvalue weighted by Gasteiger charge is -2.11. The number of carbonyl (C=O) groups is 1. The van der Waals surface area contributed by atoms with Gasteiger partial charge in [-0.25, -0.2) is 0 Å². The summed E-state index contributed by atoms with van der Waals surface area (Å²) in [6.07, 6.45) is -3.44. The number of para-hydroxylation sites is 1. The zero-order chi connectivity index (χ0) is 24.7. The molecule has 1 aliphatic rings. The molecule has 0 bridgehead atoms. The fourth-order valence-electron chi connectivity index (χ4n) is 4.42. The predicted molar refractivity (Wildman–Crippen MR) is 132 cm³/mol. The third-order valence-electron chi connectivity index (χ3n) is 6.15. The van der Waals surface area contributed by atoms with Gasteiger partial charge in [0.25, 0.3) is 5.91 Å². The molecule has 35 heavy (non-hydrogen) atoms. The van der Waals surface area contributed by atoms with Gasteiger partial charge in [-0.1, -0.05) is 60.2 Å². The minimum atomic E-state index is -4.78. The largest absolute Gasteiger partial charge is 0.435 e. The zero-order valence-corrected chi connectivity index (χ0v) is 19.2. The summed E-state index contributed by atoms with van der Waals surface area (Å²) in [5.41, 5.74) is 2.90. The van der Waals surface area contributed by atoms with E-state index in [9.17, 15) is 18.0 Å². The number of amides is 1. The molecule has 0 atom stereocenters. The molecule has 0 N–H and O–H groups in total. The first kappa shape index (κ1) is 22.7. The quantitative estimate of drug-likeness (QED) is 0.306. The first-order valence-electron chi connectivity index (χ1n) is 11.1. The average molecular weight is 473 g/mol. The molecule has 0 unspecified atom stereocenters. The summed E-state index contributed by atoms with van der Waals surface area (Å²) < 4.78 is 44.0. The van der Waals surface area contributed by atoms with Gasteiger partial charge in [-0.15, -0.1) is 0 Å². The number of alkyl halides is 3. The van der Waals surface area contributed by atoms with Crippen LogP contribution in [-0.4, -0.2) is 22.4 Å². The number of benzene rings is 3. The molecule has 0 spiro atoms. The summed E-state index contributed by atoms with van der Waals surface area (Å²) in [6.45, 7) is 4.35. The van der Waals surface area contributed by atoms with Crippen molar-refractivity contribution >= 4 is 34.3 Å². The summed E-state index contributed by atoms with van der Waals surface area (Å²) in [6, 6.07) is 23.9. The maximum Gasteiger partial charge on any atom is 0.435 e. The molecule has 0 radical (unpaired) electrons. The molecular formula is C28H22F3N3O. The summed E-state index contributed by atoms with van der Waals surface area (Å²) in [7, 11) is 0. The summed E-state index contributed by atoms with van der Waals surface area (Å²) in [5.74, 6) is -0.806. The number of anilines is 1.